The molecule has 0 aliphatic heterocycles. The van der Waals surface area contributed by atoms with E-state index in [0.717, 1.165) is 10.8 Å². The second-order valence-electron chi connectivity index (χ2n) is 11.4. The fourth-order valence-corrected chi connectivity index (χ4v) is 4.85. The molecule has 2 heterocycles. The maximum atomic E-state index is 13.7. The molecule has 0 aliphatic carbocycles. The Balaban J connectivity index is 2.00. The average Bonchev–Trinajstić information content (AvgIpc) is 3.36. The quantitative estimate of drug-likeness (QED) is 0.126. The van der Waals surface area contributed by atoms with Crippen LogP contribution in [0.5, 0.6) is 5.75 Å². The van der Waals surface area contributed by atoms with Crippen LogP contribution < -0.4 is 4.74 Å². The highest BCUT2D eigenvalue weighted by Crippen LogP contribution is 2.44. The van der Waals surface area contributed by atoms with Crippen molar-refractivity contribution in [1.29, 1.82) is 0 Å². The van der Waals surface area contributed by atoms with E-state index < -0.39 is 29.5 Å². The van der Waals surface area contributed by atoms with Gasteiger partial charge in [0.15, 0.2) is 5.75 Å². The lowest BCUT2D eigenvalue weighted by Crippen LogP contribution is -2.28. The molecule has 0 saturated carbocycles. The molecule has 0 aliphatic rings. The van der Waals surface area contributed by atoms with Crippen molar-refractivity contribution in [3.8, 4) is 5.75 Å². The molecule has 0 amide bonds. The number of ether oxygens (including phenoxy) is 4. The van der Waals surface area contributed by atoms with Gasteiger partial charge >= 0.3 is 18.3 Å². The van der Waals surface area contributed by atoms with Crippen LogP contribution in [-0.4, -0.2) is 45.3 Å². The van der Waals surface area contributed by atoms with Crippen LogP contribution in [-0.2, 0) is 14.2 Å². The van der Waals surface area contributed by atoms with Gasteiger partial charge in [0, 0.05) is 21.5 Å². The predicted octanol–water partition coefficient (Wildman–Crippen LogP) is 8.00. The van der Waals surface area contributed by atoms with Crippen molar-refractivity contribution in [2.24, 2.45) is 0 Å². The van der Waals surface area contributed by atoms with Gasteiger partial charge in [-0.3, -0.25) is 0 Å². The van der Waals surface area contributed by atoms with Gasteiger partial charge in [0.05, 0.1) is 17.6 Å². The van der Waals surface area contributed by atoms with Crippen LogP contribution in [0.3, 0.4) is 0 Å². The molecule has 2 aromatic heterocycles. The molecule has 5 aromatic rings. The van der Waals surface area contributed by atoms with Gasteiger partial charge in [-0.1, -0.05) is 36.4 Å². The number of carbonyl (C=O) groups is 3. The first-order valence-corrected chi connectivity index (χ1v) is 13.1. The van der Waals surface area contributed by atoms with Crippen molar-refractivity contribution < 1.29 is 33.3 Å². The van der Waals surface area contributed by atoms with E-state index in [9.17, 15) is 14.4 Å². The van der Waals surface area contributed by atoms with E-state index >= 15 is 0 Å². The summed E-state index contributed by atoms with van der Waals surface area (Å²) in [6.45, 7) is 12.4. The maximum Gasteiger partial charge on any atom is 0.513 e. The van der Waals surface area contributed by atoms with E-state index in [-0.39, 0.29) is 23.4 Å². The second-order valence-corrected chi connectivity index (χ2v) is 11.4. The zero-order valence-corrected chi connectivity index (χ0v) is 23.7. The Morgan fingerprint density at radius 3 is 1.50 bits per heavy atom. The van der Waals surface area contributed by atoms with E-state index in [1.54, 1.807) is 60.6 Å². The zero-order valence-electron chi connectivity index (χ0n) is 23.7. The Kier molecular flexibility index (Phi) is 6.48. The van der Waals surface area contributed by atoms with E-state index in [1.807, 2.05) is 42.5 Å². The van der Waals surface area contributed by atoms with Crippen LogP contribution in [0.4, 0.5) is 14.4 Å². The molecule has 0 spiro atoms. The molecule has 0 fully saturated rings. The van der Waals surface area contributed by atoms with Gasteiger partial charge in [-0.2, -0.15) is 0 Å². The third-order valence-corrected chi connectivity index (χ3v) is 6.15. The molecule has 0 unspecified atom stereocenters. The van der Waals surface area contributed by atoms with Gasteiger partial charge in [0.2, 0.25) is 0 Å². The van der Waals surface area contributed by atoms with Crippen molar-refractivity contribution in [3.05, 3.63) is 54.6 Å². The van der Waals surface area contributed by atoms with Gasteiger partial charge in [-0.25, -0.2) is 23.5 Å². The highest BCUT2D eigenvalue weighted by Gasteiger charge is 2.31. The summed E-state index contributed by atoms with van der Waals surface area (Å²) < 4.78 is 25.3. The van der Waals surface area contributed by atoms with Crippen LogP contribution in [0.15, 0.2) is 54.6 Å². The summed E-state index contributed by atoms with van der Waals surface area (Å²) in [6, 6.07) is 16.6. The zero-order chi connectivity index (χ0) is 29.0. The van der Waals surface area contributed by atoms with Crippen molar-refractivity contribution in [2.45, 2.75) is 59.7 Å². The highest BCUT2D eigenvalue weighted by molar-refractivity contribution is 6.25. The normalized spacial score (nSPS) is 12.3. The Morgan fingerprint density at radius 2 is 1.10 bits per heavy atom. The first-order chi connectivity index (χ1) is 18.8. The molecule has 0 saturated heterocycles. The summed E-state index contributed by atoms with van der Waals surface area (Å²) in [5.74, 6) is -0.0185. The van der Waals surface area contributed by atoms with Crippen LogP contribution in [0, 0.1) is 0 Å². The van der Waals surface area contributed by atoms with Crippen LogP contribution in [0.2, 0.25) is 0 Å². The molecular weight excluding hydrogens is 512 g/mol. The average molecular weight is 545 g/mol. The highest BCUT2D eigenvalue weighted by atomic mass is 16.7. The number of fused-ring (bicyclic) bond motifs is 6. The summed E-state index contributed by atoms with van der Waals surface area (Å²) in [6.07, 6.45) is -2.29. The Morgan fingerprint density at radius 1 is 0.675 bits per heavy atom. The molecular formula is C31H32N2O7. The van der Waals surface area contributed by atoms with Gasteiger partial charge in [-0.05, 0) is 66.7 Å². The first kappa shape index (κ1) is 27.1. The Labute approximate surface area is 231 Å². The monoisotopic (exact) mass is 544 g/mol. The van der Waals surface area contributed by atoms with Crippen LogP contribution in [0.25, 0.3) is 43.6 Å². The Bertz CT molecular complexity index is 1690. The lowest BCUT2D eigenvalue weighted by molar-refractivity contribution is 0.0541. The minimum absolute atomic E-state index is 0.0185. The number of carbonyl (C=O) groups excluding carboxylic acids is 3. The molecule has 3 aromatic carbocycles. The van der Waals surface area contributed by atoms with Gasteiger partial charge in [0.1, 0.15) is 22.2 Å². The fourth-order valence-electron chi connectivity index (χ4n) is 4.85. The third-order valence-electron chi connectivity index (χ3n) is 6.15. The van der Waals surface area contributed by atoms with Gasteiger partial charge < -0.3 is 18.9 Å². The number of rotatable bonds is 2. The third kappa shape index (κ3) is 4.72. The molecule has 40 heavy (non-hydrogen) atoms. The van der Waals surface area contributed by atoms with Crippen molar-refractivity contribution >= 4 is 62.0 Å². The van der Waals surface area contributed by atoms with Crippen molar-refractivity contribution in [1.82, 2.24) is 9.13 Å². The summed E-state index contributed by atoms with van der Waals surface area (Å²) in [7, 11) is 0. The first-order valence-electron chi connectivity index (χ1n) is 13.1. The van der Waals surface area contributed by atoms with Crippen molar-refractivity contribution in [2.75, 3.05) is 6.61 Å². The SMILES string of the molecule is CCOC(=O)Oc1c2c(cc3c4ccccc4n(C(=O)OC(C)(C)C)c13)c1ccccc1n2C(=O)OC(C)(C)C. The van der Waals surface area contributed by atoms with E-state index in [1.165, 1.54) is 9.13 Å². The van der Waals surface area contributed by atoms with E-state index in [4.69, 9.17) is 18.9 Å². The summed E-state index contributed by atoms with van der Waals surface area (Å²) in [5.41, 5.74) is 0.0496. The van der Waals surface area contributed by atoms with Crippen LogP contribution in [0.1, 0.15) is 48.5 Å². The lowest BCUT2D eigenvalue weighted by atomic mass is 10.1. The molecule has 0 N–H and O–H groups in total. The van der Waals surface area contributed by atoms with E-state index in [0.29, 0.717) is 21.8 Å². The smallest absolute Gasteiger partial charge is 0.443 e. The second kappa shape index (κ2) is 9.59. The number of benzene rings is 3. The van der Waals surface area contributed by atoms with Crippen LogP contribution >= 0.6 is 0 Å². The molecule has 0 radical (unpaired) electrons. The van der Waals surface area contributed by atoms with Crippen molar-refractivity contribution in [3.63, 3.8) is 0 Å². The Hall–Kier alpha value is -4.53. The summed E-state index contributed by atoms with van der Waals surface area (Å²) in [5, 5.41) is 2.77. The molecule has 5 rings (SSSR count). The number of hydrogen-bond donors (Lipinski definition) is 0. The molecule has 9 heteroatoms. The lowest BCUT2D eigenvalue weighted by Gasteiger charge is -2.21. The molecule has 9 nitrogen and oxygen atoms in total. The summed E-state index contributed by atoms with van der Waals surface area (Å²) in [4.78, 5) is 40.3. The standard InChI is InChI=1S/C31H32N2O7/c1-8-37-29(36)38-26-24-20(18-13-9-11-15-22(18)32(24)27(34)39-30(2,3)4)17-21-19-14-10-12-16-23(19)33(25(21)26)28(35)40-31(5,6)7/h9-17H,8H2,1-7H3. The summed E-state index contributed by atoms with van der Waals surface area (Å²) >= 11 is 0. The predicted molar refractivity (Wildman–Crippen MR) is 153 cm³/mol. The number of aromatic nitrogens is 2. The molecule has 0 bridgehead atoms. The van der Waals surface area contributed by atoms with Gasteiger partial charge in [0.25, 0.3) is 0 Å². The molecule has 208 valence electrons. The minimum Gasteiger partial charge on any atom is -0.443 e. The van der Waals surface area contributed by atoms with E-state index in [2.05, 4.69) is 0 Å². The maximum absolute atomic E-state index is 13.7. The topological polar surface area (TPSA) is 98.0 Å². The minimum atomic E-state index is -0.974. The fraction of sp³-hybridized carbons (Fsp3) is 0.323. The number of para-hydroxylation sites is 2. The number of nitrogens with zero attached hydrogens (tertiary/aromatic N) is 2. The largest absolute Gasteiger partial charge is 0.513 e. The molecule has 0 atom stereocenters. The number of hydrogen-bond acceptors (Lipinski definition) is 7. The van der Waals surface area contributed by atoms with Gasteiger partial charge in [-0.15, -0.1) is 0 Å².